The lowest BCUT2D eigenvalue weighted by atomic mass is 9.96. The number of aldehydes is 1. The highest BCUT2D eigenvalue weighted by Crippen LogP contribution is 2.33. The molecule has 1 rings (SSSR count). The van der Waals surface area contributed by atoms with E-state index >= 15 is 0 Å². The molecule has 0 aliphatic heterocycles. The first-order valence-electron chi connectivity index (χ1n) is 7.44. The van der Waals surface area contributed by atoms with Crippen molar-refractivity contribution in [3.05, 3.63) is 58.7 Å². The minimum absolute atomic E-state index is 0.0299. The standard InChI is InChI=1S/C19H24O3/c1-4-5-6-7-8-9-16-17(13-20)19(22)15(12-18(16)21)11-10-14(2)3/h4-7,10,12-13,21-22H,8-9,11H2,1-3H3/b5-4+,7-6?. The summed E-state index contributed by atoms with van der Waals surface area (Å²) in [5.74, 6) is 0.0363. The van der Waals surface area contributed by atoms with Crippen LogP contribution >= 0.6 is 0 Å². The number of phenols is 2. The average Bonchev–Trinajstić information content (AvgIpc) is 2.48. The number of carbonyl (C=O) groups excluding carboxylic acids is 1. The average molecular weight is 300 g/mol. The fourth-order valence-corrected chi connectivity index (χ4v) is 2.15. The largest absolute Gasteiger partial charge is 0.508 e. The van der Waals surface area contributed by atoms with Gasteiger partial charge in [-0.15, -0.1) is 0 Å². The second-order valence-electron chi connectivity index (χ2n) is 5.39. The predicted octanol–water partition coefficient (Wildman–Crippen LogP) is 4.48. The highest BCUT2D eigenvalue weighted by Gasteiger charge is 2.16. The SMILES string of the molecule is C/C=C/C=CCCc1c(O)cc(CC=C(C)C)c(O)c1C=O. The molecule has 0 amide bonds. The lowest BCUT2D eigenvalue weighted by molar-refractivity contribution is 0.111. The van der Waals surface area contributed by atoms with Crippen molar-refractivity contribution < 1.29 is 15.0 Å². The van der Waals surface area contributed by atoms with E-state index in [-0.39, 0.29) is 17.1 Å². The van der Waals surface area contributed by atoms with Crippen molar-refractivity contribution in [1.82, 2.24) is 0 Å². The maximum absolute atomic E-state index is 11.3. The normalized spacial score (nSPS) is 11.2. The number of benzene rings is 1. The van der Waals surface area contributed by atoms with Gasteiger partial charge >= 0.3 is 0 Å². The lowest BCUT2D eigenvalue weighted by Crippen LogP contribution is -1.98. The molecule has 0 saturated heterocycles. The number of hydrogen-bond donors (Lipinski definition) is 2. The molecule has 0 atom stereocenters. The smallest absolute Gasteiger partial charge is 0.154 e. The molecule has 3 nitrogen and oxygen atoms in total. The summed E-state index contributed by atoms with van der Waals surface area (Å²) in [5, 5.41) is 20.4. The molecule has 0 saturated carbocycles. The molecule has 2 N–H and O–H groups in total. The van der Waals surface area contributed by atoms with Crippen molar-refractivity contribution >= 4 is 6.29 Å². The van der Waals surface area contributed by atoms with Crippen LogP contribution in [-0.2, 0) is 12.8 Å². The quantitative estimate of drug-likeness (QED) is 0.338. The van der Waals surface area contributed by atoms with Crippen molar-refractivity contribution in [2.75, 3.05) is 0 Å². The van der Waals surface area contributed by atoms with Crippen molar-refractivity contribution in [2.45, 2.75) is 40.0 Å². The Labute approximate surface area is 132 Å². The molecule has 1 aromatic carbocycles. The molecule has 0 heterocycles. The van der Waals surface area contributed by atoms with Crippen LogP contribution in [0.2, 0.25) is 0 Å². The second-order valence-corrected chi connectivity index (χ2v) is 5.39. The Bertz CT molecular complexity index is 604. The van der Waals surface area contributed by atoms with Gasteiger partial charge in [0, 0.05) is 11.1 Å². The van der Waals surface area contributed by atoms with Crippen LogP contribution in [0.4, 0.5) is 0 Å². The Morgan fingerprint density at radius 2 is 1.95 bits per heavy atom. The number of hydrogen-bond acceptors (Lipinski definition) is 3. The van der Waals surface area contributed by atoms with Gasteiger partial charge in [-0.25, -0.2) is 0 Å². The molecule has 1 aromatic rings. The molecule has 0 spiro atoms. The van der Waals surface area contributed by atoms with Crippen LogP contribution in [0.1, 0.15) is 48.7 Å². The molecule has 0 radical (unpaired) electrons. The molecule has 3 heteroatoms. The van der Waals surface area contributed by atoms with Gasteiger partial charge in [0.25, 0.3) is 0 Å². The van der Waals surface area contributed by atoms with E-state index in [1.807, 2.05) is 51.2 Å². The number of aromatic hydroxyl groups is 2. The maximum atomic E-state index is 11.3. The second kappa shape index (κ2) is 8.88. The van der Waals surface area contributed by atoms with E-state index < -0.39 is 0 Å². The summed E-state index contributed by atoms with van der Waals surface area (Å²) in [4.78, 5) is 11.3. The summed E-state index contributed by atoms with van der Waals surface area (Å²) < 4.78 is 0. The third kappa shape index (κ3) is 4.92. The first-order valence-corrected chi connectivity index (χ1v) is 7.44. The number of allylic oxidation sites excluding steroid dienone is 6. The summed E-state index contributed by atoms with van der Waals surface area (Å²) in [6.07, 6.45) is 12.0. The van der Waals surface area contributed by atoms with Crippen molar-refractivity contribution in [2.24, 2.45) is 0 Å². The van der Waals surface area contributed by atoms with Gasteiger partial charge in [-0.1, -0.05) is 36.0 Å². The van der Waals surface area contributed by atoms with Gasteiger partial charge in [-0.3, -0.25) is 4.79 Å². The van der Waals surface area contributed by atoms with Gasteiger partial charge in [-0.2, -0.15) is 0 Å². The zero-order chi connectivity index (χ0) is 16.5. The van der Waals surface area contributed by atoms with Crippen LogP contribution in [0.25, 0.3) is 0 Å². The molecule has 0 fully saturated rings. The number of phenolic OH excluding ortho intramolecular Hbond substituents is 2. The fourth-order valence-electron chi connectivity index (χ4n) is 2.15. The van der Waals surface area contributed by atoms with Crippen LogP contribution in [-0.4, -0.2) is 16.5 Å². The Kier molecular flexibility index (Phi) is 7.17. The maximum Gasteiger partial charge on any atom is 0.154 e. The minimum atomic E-state index is -0.0299. The molecule has 0 aliphatic rings. The van der Waals surface area contributed by atoms with Crippen LogP contribution in [0, 0.1) is 0 Å². The molecular formula is C19H24O3. The molecule has 118 valence electrons. The monoisotopic (exact) mass is 300 g/mol. The van der Waals surface area contributed by atoms with E-state index in [9.17, 15) is 15.0 Å². The van der Waals surface area contributed by atoms with Crippen LogP contribution < -0.4 is 0 Å². The summed E-state index contributed by atoms with van der Waals surface area (Å²) in [6.45, 7) is 5.86. The lowest BCUT2D eigenvalue weighted by Gasteiger charge is -2.12. The third-order valence-electron chi connectivity index (χ3n) is 3.35. The summed E-state index contributed by atoms with van der Waals surface area (Å²) in [7, 11) is 0. The van der Waals surface area contributed by atoms with Crippen LogP contribution in [0.3, 0.4) is 0 Å². The predicted molar refractivity (Wildman–Crippen MR) is 90.6 cm³/mol. The first kappa shape index (κ1) is 17.8. The Morgan fingerprint density at radius 1 is 1.23 bits per heavy atom. The Morgan fingerprint density at radius 3 is 2.55 bits per heavy atom. The van der Waals surface area contributed by atoms with Crippen molar-refractivity contribution in [3.63, 3.8) is 0 Å². The summed E-state index contributed by atoms with van der Waals surface area (Å²) in [6, 6.07) is 1.55. The molecular weight excluding hydrogens is 276 g/mol. The van der Waals surface area contributed by atoms with E-state index in [4.69, 9.17) is 0 Å². The fraction of sp³-hybridized carbons (Fsp3) is 0.316. The number of carbonyl (C=O) groups is 1. The van der Waals surface area contributed by atoms with Crippen molar-refractivity contribution in [1.29, 1.82) is 0 Å². The van der Waals surface area contributed by atoms with Gasteiger partial charge in [0.15, 0.2) is 6.29 Å². The summed E-state index contributed by atoms with van der Waals surface area (Å²) in [5.41, 5.74) is 2.37. The van der Waals surface area contributed by atoms with Crippen molar-refractivity contribution in [3.8, 4) is 11.5 Å². The van der Waals surface area contributed by atoms with Crippen LogP contribution in [0.15, 0.2) is 42.0 Å². The van der Waals surface area contributed by atoms with Gasteiger partial charge in [0.2, 0.25) is 0 Å². The minimum Gasteiger partial charge on any atom is -0.508 e. The third-order valence-corrected chi connectivity index (χ3v) is 3.35. The van der Waals surface area contributed by atoms with Gasteiger partial charge < -0.3 is 10.2 Å². The van der Waals surface area contributed by atoms with Gasteiger partial charge in [-0.05, 0) is 46.1 Å². The highest BCUT2D eigenvalue weighted by atomic mass is 16.3. The Balaban J connectivity index is 3.06. The first-order chi connectivity index (χ1) is 10.5. The molecule has 0 aliphatic carbocycles. The number of rotatable bonds is 7. The highest BCUT2D eigenvalue weighted by molar-refractivity contribution is 5.84. The van der Waals surface area contributed by atoms with Gasteiger partial charge in [0.05, 0.1) is 5.56 Å². The van der Waals surface area contributed by atoms with E-state index in [1.54, 1.807) is 6.07 Å². The Hall–Kier alpha value is -2.29. The van der Waals surface area contributed by atoms with E-state index in [2.05, 4.69) is 0 Å². The zero-order valence-electron chi connectivity index (χ0n) is 13.5. The molecule has 0 unspecified atom stereocenters. The summed E-state index contributed by atoms with van der Waals surface area (Å²) >= 11 is 0. The van der Waals surface area contributed by atoms with E-state index in [0.29, 0.717) is 36.7 Å². The zero-order valence-corrected chi connectivity index (χ0v) is 13.5. The van der Waals surface area contributed by atoms with Gasteiger partial charge in [0.1, 0.15) is 11.5 Å². The van der Waals surface area contributed by atoms with E-state index in [0.717, 1.165) is 5.57 Å². The topological polar surface area (TPSA) is 57.5 Å². The van der Waals surface area contributed by atoms with Crippen LogP contribution in [0.5, 0.6) is 11.5 Å². The molecule has 0 aromatic heterocycles. The molecule has 22 heavy (non-hydrogen) atoms. The van der Waals surface area contributed by atoms with E-state index in [1.165, 1.54) is 0 Å². The molecule has 0 bridgehead atoms.